The highest BCUT2D eigenvalue weighted by Gasteiger charge is 2.35. The highest BCUT2D eigenvalue weighted by Crippen LogP contribution is 2.45. The summed E-state index contributed by atoms with van der Waals surface area (Å²) in [5.74, 6) is 1.38. The Balaban J connectivity index is 1.65. The van der Waals surface area contributed by atoms with Crippen LogP contribution < -0.4 is 9.47 Å². The van der Waals surface area contributed by atoms with Crippen LogP contribution in [0.25, 0.3) is 11.1 Å². The number of rotatable bonds is 14. The van der Waals surface area contributed by atoms with E-state index in [2.05, 4.69) is 19.9 Å². The van der Waals surface area contributed by atoms with Crippen molar-refractivity contribution in [2.75, 3.05) is 35.0 Å². The largest absolute Gasteiger partial charge is 0.497 e. The van der Waals surface area contributed by atoms with Gasteiger partial charge in [0.15, 0.2) is 0 Å². The fourth-order valence-electron chi connectivity index (χ4n) is 5.64. The molecule has 0 aliphatic heterocycles. The lowest BCUT2D eigenvalue weighted by atomic mass is 9.80. The first kappa shape index (κ1) is 30.5. The van der Waals surface area contributed by atoms with Gasteiger partial charge in [-0.2, -0.15) is 0 Å². The second-order valence-corrected chi connectivity index (χ2v) is 11.4. The number of benzene rings is 3. The van der Waals surface area contributed by atoms with E-state index in [1.807, 2.05) is 36.4 Å². The summed E-state index contributed by atoms with van der Waals surface area (Å²) in [6.45, 7) is 4.89. The van der Waals surface area contributed by atoms with Gasteiger partial charge in [-0.05, 0) is 83.3 Å². The smallest absolute Gasteiger partial charge is 0.306 e. The van der Waals surface area contributed by atoms with Crippen molar-refractivity contribution < 1.29 is 32.9 Å². The van der Waals surface area contributed by atoms with Crippen LogP contribution in [0.1, 0.15) is 61.8 Å². The number of carbonyl (C=O) groups excluding carboxylic acids is 1. The van der Waals surface area contributed by atoms with Crippen LogP contribution in [-0.2, 0) is 25.6 Å². The van der Waals surface area contributed by atoms with Gasteiger partial charge in [0.2, 0.25) is 0 Å². The van der Waals surface area contributed by atoms with Crippen LogP contribution in [0.4, 0.5) is 4.39 Å². The summed E-state index contributed by atoms with van der Waals surface area (Å²) in [4.78, 5) is 12.0. The predicted molar refractivity (Wildman–Crippen MR) is 157 cm³/mol. The molecule has 6 nitrogen and oxygen atoms in total. The zero-order valence-electron chi connectivity index (χ0n) is 24.9. The summed E-state index contributed by atoms with van der Waals surface area (Å²) in [6, 6.07) is 18.6. The van der Waals surface area contributed by atoms with Crippen molar-refractivity contribution in [1.82, 2.24) is 0 Å². The topological polar surface area (TPSA) is 63.2 Å². The van der Waals surface area contributed by atoms with E-state index in [9.17, 15) is 4.79 Å². The third-order valence-corrected chi connectivity index (χ3v) is 7.82. The van der Waals surface area contributed by atoms with E-state index >= 15 is 4.39 Å². The normalized spacial score (nSPS) is 14.8. The van der Waals surface area contributed by atoms with E-state index in [-0.39, 0.29) is 23.8 Å². The molecule has 0 aromatic heterocycles. The number of hydrogen-bond acceptors (Lipinski definition) is 6. The van der Waals surface area contributed by atoms with Crippen LogP contribution in [0.2, 0.25) is 0 Å². The molecule has 41 heavy (non-hydrogen) atoms. The van der Waals surface area contributed by atoms with E-state index < -0.39 is 5.41 Å². The Hall–Kier alpha value is -3.42. The SMILES string of the molecule is COCC(C)(C)[C@@H](OC)c1cc(COc2cccc(C(CC(=O)OC)C3CC3)c2)ccc1-c1cc(OC)ccc1F. The van der Waals surface area contributed by atoms with Gasteiger partial charge in [0.25, 0.3) is 0 Å². The maximum Gasteiger partial charge on any atom is 0.306 e. The molecule has 220 valence electrons. The van der Waals surface area contributed by atoms with E-state index in [0.717, 1.165) is 40.8 Å². The second kappa shape index (κ2) is 13.5. The molecule has 0 saturated heterocycles. The Labute approximate surface area is 242 Å². The molecule has 0 spiro atoms. The summed E-state index contributed by atoms with van der Waals surface area (Å²) in [6.07, 6.45) is 2.22. The van der Waals surface area contributed by atoms with E-state index in [4.69, 9.17) is 23.7 Å². The Morgan fingerprint density at radius 2 is 1.73 bits per heavy atom. The molecule has 3 aromatic carbocycles. The Morgan fingerprint density at radius 3 is 2.39 bits per heavy atom. The number of esters is 1. The third-order valence-electron chi connectivity index (χ3n) is 7.82. The van der Waals surface area contributed by atoms with Crippen LogP contribution in [0.3, 0.4) is 0 Å². The van der Waals surface area contributed by atoms with Gasteiger partial charge in [-0.3, -0.25) is 4.79 Å². The van der Waals surface area contributed by atoms with Gasteiger partial charge < -0.3 is 23.7 Å². The summed E-state index contributed by atoms with van der Waals surface area (Å²) in [5, 5.41) is 0. The number of hydrogen-bond donors (Lipinski definition) is 0. The van der Waals surface area contributed by atoms with Crippen molar-refractivity contribution in [3.8, 4) is 22.6 Å². The predicted octanol–water partition coefficient (Wildman–Crippen LogP) is 7.50. The molecule has 1 aliphatic rings. The molecule has 0 bridgehead atoms. The first-order chi connectivity index (χ1) is 19.7. The average Bonchev–Trinajstić information content (AvgIpc) is 3.81. The molecule has 0 radical (unpaired) electrons. The third kappa shape index (κ3) is 7.46. The molecule has 4 rings (SSSR count). The van der Waals surface area contributed by atoms with Gasteiger partial charge >= 0.3 is 5.97 Å². The van der Waals surface area contributed by atoms with E-state index in [1.54, 1.807) is 33.5 Å². The Kier molecular flexibility index (Phi) is 10.1. The molecular formula is C34H41FO6. The molecule has 2 atom stereocenters. The minimum absolute atomic E-state index is 0.125. The number of carbonyl (C=O) groups is 1. The molecule has 1 unspecified atom stereocenters. The lowest BCUT2D eigenvalue weighted by Crippen LogP contribution is -2.29. The minimum Gasteiger partial charge on any atom is -0.497 e. The molecular weight excluding hydrogens is 523 g/mol. The summed E-state index contributed by atoms with van der Waals surface area (Å²) in [7, 11) is 6.31. The van der Waals surface area contributed by atoms with Crippen molar-refractivity contribution in [3.05, 3.63) is 83.2 Å². The maximum absolute atomic E-state index is 15.1. The van der Waals surface area contributed by atoms with Gasteiger partial charge in [0, 0.05) is 25.2 Å². The Morgan fingerprint density at radius 1 is 0.951 bits per heavy atom. The number of methoxy groups -OCH3 is 4. The fraction of sp³-hybridized carbons (Fsp3) is 0.441. The van der Waals surface area contributed by atoms with Crippen molar-refractivity contribution in [3.63, 3.8) is 0 Å². The van der Waals surface area contributed by atoms with Crippen molar-refractivity contribution in [1.29, 1.82) is 0 Å². The van der Waals surface area contributed by atoms with Gasteiger partial charge in [0.05, 0.1) is 33.4 Å². The van der Waals surface area contributed by atoms with Gasteiger partial charge in [-0.15, -0.1) is 0 Å². The summed E-state index contributed by atoms with van der Waals surface area (Å²) >= 11 is 0. The first-order valence-corrected chi connectivity index (χ1v) is 14.0. The van der Waals surface area contributed by atoms with Crippen LogP contribution in [0.5, 0.6) is 11.5 Å². The monoisotopic (exact) mass is 564 g/mol. The maximum atomic E-state index is 15.1. The number of ether oxygens (including phenoxy) is 5. The highest BCUT2D eigenvalue weighted by molar-refractivity contribution is 5.71. The molecule has 0 N–H and O–H groups in total. The molecule has 1 saturated carbocycles. The summed E-state index contributed by atoms with van der Waals surface area (Å²) in [5.41, 5.74) is 3.59. The van der Waals surface area contributed by atoms with Crippen molar-refractivity contribution in [2.45, 2.75) is 51.7 Å². The second-order valence-electron chi connectivity index (χ2n) is 11.4. The van der Waals surface area contributed by atoms with E-state index in [0.29, 0.717) is 36.9 Å². The average molecular weight is 565 g/mol. The number of halogens is 1. The minimum atomic E-state index is -0.404. The summed E-state index contributed by atoms with van der Waals surface area (Å²) < 4.78 is 43.2. The van der Waals surface area contributed by atoms with Gasteiger partial charge in [-0.1, -0.05) is 38.1 Å². The molecule has 3 aromatic rings. The van der Waals surface area contributed by atoms with Gasteiger partial charge in [0.1, 0.15) is 23.9 Å². The van der Waals surface area contributed by atoms with Crippen LogP contribution in [-0.4, -0.2) is 41.0 Å². The van der Waals surface area contributed by atoms with Gasteiger partial charge in [-0.25, -0.2) is 4.39 Å². The molecule has 1 fully saturated rings. The zero-order valence-corrected chi connectivity index (χ0v) is 24.9. The van der Waals surface area contributed by atoms with Crippen LogP contribution in [0, 0.1) is 17.2 Å². The first-order valence-electron chi connectivity index (χ1n) is 14.0. The van der Waals surface area contributed by atoms with Crippen LogP contribution in [0.15, 0.2) is 60.7 Å². The molecule has 0 heterocycles. The Bertz CT molecular complexity index is 1330. The van der Waals surface area contributed by atoms with Crippen molar-refractivity contribution in [2.24, 2.45) is 11.3 Å². The molecule has 1 aliphatic carbocycles. The lowest BCUT2D eigenvalue weighted by Gasteiger charge is -2.34. The molecule has 7 heteroatoms. The van der Waals surface area contributed by atoms with Crippen LogP contribution >= 0.6 is 0 Å². The fourth-order valence-corrected chi connectivity index (χ4v) is 5.64. The highest BCUT2D eigenvalue weighted by atomic mass is 19.1. The zero-order chi connectivity index (χ0) is 29.6. The quantitative estimate of drug-likeness (QED) is 0.189. The molecule has 0 amide bonds. The van der Waals surface area contributed by atoms with E-state index in [1.165, 1.54) is 13.2 Å². The standard InChI is InChI=1S/C34H41FO6/c1-34(2,21-37-3)33(40-6)30-16-22(10-14-27(30)29-18-25(38-4)13-15-31(29)35)20-41-26-9-7-8-24(17-26)28(23-11-12-23)19-32(36)39-5/h7-10,13-18,23,28,33H,11-12,19-21H2,1-6H3/t28?,33-/m0/s1. The lowest BCUT2D eigenvalue weighted by molar-refractivity contribution is -0.141. The van der Waals surface area contributed by atoms with Crippen molar-refractivity contribution >= 4 is 5.97 Å².